The van der Waals surface area contributed by atoms with Crippen LogP contribution in [0.4, 0.5) is 0 Å². The number of hydrogen-bond acceptors (Lipinski definition) is 1. The second-order valence-electron chi connectivity index (χ2n) is 5.94. The van der Waals surface area contributed by atoms with Gasteiger partial charge in [0.05, 0.1) is 5.70 Å². The molecule has 0 unspecified atom stereocenters. The Labute approximate surface area is 95.0 Å². The highest BCUT2D eigenvalue weighted by Gasteiger charge is 2.29. The molecule has 15 heavy (non-hydrogen) atoms. The van der Waals surface area contributed by atoms with Crippen LogP contribution in [0.2, 0.25) is 0 Å². The number of aliphatic imine (C=N–C) groups is 1. The van der Waals surface area contributed by atoms with Gasteiger partial charge in [-0.15, -0.1) is 5.73 Å². The monoisotopic (exact) mass is 207 g/mol. The zero-order valence-corrected chi connectivity index (χ0v) is 11.4. The van der Waals surface area contributed by atoms with Gasteiger partial charge in [-0.3, -0.25) is 4.99 Å². The normalized spacial score (nSPS) is 11.9. The highest BCUT2D eigenvalue weighted by atomic mass is 14.8. The van der Waals surface area contributed by atoms with Gasteiger partial charge in [-0.05, 0) is 6.42 Å². The molecule has 0 heterocycles. The molecule has 0 spiro atoms. The van der Waals surface area contributed by atoms with Crippen molar-refractivity contribution in [3.05, 3.63) is 18.0 Å². The molecular formula is C14H25N. The SMILES string of the molecule is C=C=C(CC)N=C(C(C)(C)C)C(C)(C)C. The minimum absolute atomic E-state index is 0.0928. The van der Waals surface area contributed by atoms with Gasteiger partial charge < -0.3 is 0 Å². The largest absolute Gasteiger partial charge is 0.253 e. The third-order valence-corrected chi connectivity index (χ3v) is 2.21. The summed E-state index contributed by atoms with van der Waals surface area (Å²) in [5, 5.41) is 0. The van der Waals surface area contributed by atoms with Crippen LogP contribution in [0.1, 0.15) is 54.9 Å². The van der Waals surface area contributed by atoms with Crippen LogP contribution in [0, 0.1) is 10.8 Å². The van der Waals surface area contributed by atoms with E-state index in [0.29, 0.717) is 0 Å². The minimum Gasteiger partial charge on any atom is -0.253 e. The molecule has 0 atom stereocenters. The van der Waals surface area contributed by atoms with Gasteiger partial charge in [0.1, 0.15) is 0 Å². The molecule has 0 aliphatic heterocycles. The smallest absolute Gasteiger partial charge is 0.0811 e. The van der Waals surface area contributed by atoms with Crippen LogP contribution >= 0.6 is 0 Å². The third kappa shape index (κ3) is 4.48. The van der Waals surface area contributed by atoms with E-state index in [2.05, 4.69) is 60.8 Å². The molecule has 1 heteroatoms. The zero-order chi connectivity index (χ0) is 12.3. The fraction of sp³-hybridized carbons (Fsp3) is 0.714. The summed E-state index contributed by atoms with van der Waals surface area (Å²) < 4.78 is 0. The summed E-state index contributed by atoms with van der Waals surface area (Å²) in [4.78, 5) is 4.72. The van der Waals surface area contributed by atoms with E-state index in [0.717, 1.165) is 12.1 Å². The van der Waals surface area contributed by atoms with E-state index in [4.69, 9.17) is 4.99 Å². The molecule has 0 fully saturated rings. The Morgan fingerprint density at radius 3 is 1.67 bits per heavy atom. The molecule has 0 amide bonds. The molecule has 0 N–H and O–H groups in total. The first kappa shape index (κ1) is 14.2. The van der Waals surface area contributed by atoms with Crippen molar-refractivity contribution < 1.29 is 0 Å². The summed E-state index contributed by atoms with van der Waals surface area (Å²) in [6.07, 6.45) is 0.888. The molecule has 0 aliphatic carbocycles. The Hall–Kier alpha value is -0.810. The van der Waals surface area contributed by atoms with Gasteiger partial charge in [0.25, 0.3) is 0 Å². The zero-order valence-electron chi connectivity index (χ0n) is 11.4. The lowest BCUT2D eigenvalue weighted by molar-refractivity contribution is 0.478. The second-order valence-corrected chi connectivity index (χ2v) is 5.94. The first-order valence-electron chi connectivity index (χ1n) is 5.61. The van der Waals surface area contributed by atoms with Gasteiger partial charge in [0, 0.05) is 16.5 Å². The van der Waals surface area contributed by atoms with E-state index in [1.54, 1.807) is 0 Å². The van der Waals surface area contributed by atoms with Crippen molar-refractivity contribution in [1.29, 1.82) is 0 Å². The van der Waals surface area contributed by atoms with E-state index < -0.39 is 0 Å². The highest BCUT2D eigenvalue weighted by Crippen LogP contribution is 2.31. The van der Waals surface area contributed by atoms with Gasteiger partial charge >= 0.3 is 0 Å². The first-order valence-corrected chi connectivity index (χ1v) is 5.61. The molecular weight excluding hydrogens is 182 g/mol. The fourth-order valence-electron chi connectivity index (χ4n) is 1.84. The molecule has 0 aromatic carbocycles. The lowest BCUT2D eigenvalue weighted by Crippen LogP contribution is -2.33. The Kier molecular flexibility index (Phi) is 4.55. The topological polar surface area (TPSA) is 12.4 Å². The van der Waals surface area contributed by atoms with Crippen LogP contribution in [0.3, 0.4) is 0 Å². The van der Waals surface area contributed by atoms with Gasteiger partial charge in [0.2, 0.25) is 0 Å². The average Bonchev–Trinajstić information content (AvgIpc) is 2.01. The molecule has 0 rings (SSSR count). The number of nitrogens with zero attached hydrogens (tertiary/aromatic N) is 1. The van der Waals surface area contributed by atoms with Crippen molar-refractivity contribution in [2.24, 2.45) is 15.8 Å². The summed E-state index contributed by atoms with van der Waals surface area (Å²) in [5.74, 6) is 0. The van der Waals surface area contributed by atoms with Gasteiger partial charge in [-0.2, -0.15) is 0 Å². The Balaban J connectivity index is 5.42. The van der Waals surface area contributed by atoms with Crippen LogP contribution in [-0.4, -0.2) is 5.71 Å². The Morgan fingerprint density at radius 1 is 1.07 bits per heavy atom. The molecule has 0 saturated carbocycles. The van der Waals surface area contributed by atoms with Crippen molar-refractivity contribution in [2.45, 2.75) is 54.9 Å². The fourth-order valence-corrected chi connectivity index (χ4v) is 1.84. The lowest BCUT2D eigenvalue weighted by Gasteiger charge is -2.32. The lowest BCUT2D eigenvalue weighted by atomic mass is 9.75. The predicted molar refractivity (Wildman–Crippen MR) is 69.3 cm³/mol. The third-order valence-electron chi connectivity index (χ3n) is 2.21. The number of rotatable bonds is 2. The van der Waals surface area contributed by atoms with Crippen molar-refractivity contribution >= 4 is 5.71 Å². The molecule has 0 bridgehead atoms. The van der Waals surface area contributed by atoms with Crippen molar-refractivity contribution in [1.82, 2.24) is 0 Å². The predicted octanol–water partition coefficient (Wildman–Crippen LogP) is 4.60. The van der Waals surface area contributed by atoms with Crippen molar-refractivity contribution in [3.8, 4) is 0 Å². The Morgan fingerprint density at radius 2 is 1.47 bits per heavy atom. The molecule has 0 aromatic heterocycles. The maximum absolute atomic E-state index is 4.72. The van der Waals surface area contributed by atoms with Crippen molar-refractivity contribution in [2.75, 3.05) is 0 Å². The molecule has 0 saturated heterocycles. The van der Waals surface area contributed by atoms with E-state index in [1.165, 1.54) is 5.71 Å². The quantitative estimate of drug-likeness (QED) is 0.463. The summed E-state index contributed by atoms with van der Waals surface area (Å²) in [6.45, 7) is 19.0. The standard InChI is InChI=1S/C14H25N/c1-9-11(10-2)15-12(13(3,4)5)14(6,7)8/h1,10H2,2-8H3. The maximum atomic E-state index is 4.72. The van der Waals surface area contributed by atoms with Crippen LogP contribution in [-0.2, 0) is 0 Å². The summed E-state index contributed by atoms with van der Waals surface area (Å²) in [5.41, 5.74) is 5.26. The summed E-state index contributed by atoms with van der Waals surface area (Å²) >= 11 is 0. The van der Waals surface area contributed by atoms with Crippen LogP contribution in [0.5, 0.6) is 0 Å². The molecule has 0 aliphatic rings. The highest BCUT2D eigenvalue weighted by molar-refractivity contribution is 5.94. The number of hydrogen-bond donors (Lipinski definition) is 0. The van der Waals surface area contributed by atoms with Gasteiger partial charge in [-0.25, -0.2) is 0 Å². The first-order chi connectivity index (χ1) is 6.62. The number of allylic oxidation sites excluding steroid dienone is 1. The van der Waals surface area contributed by atoms with Crippen molar-refractivity contribution in [3.63, 3.8) is 0 Å². The minimum atomic E-state index is 0.0928. The van der Waals surface area contributed by atoms with E-state index in [1.807, 2.05) is 0 Å². The second kappa shape index (κ2) is 4.81. The molecule has 86 valence electrons. The summed E-state index contributed by atoms with van der Waals surface area (Å²) in [6, 6.07) is 0. The molecule has 0 aromatic rings. The average molecular weight is 207 g/mol. The van der Waals surface area contributed by atoms with E-state index in [-0.39, 0.29) is 10.8 Å². The van der Waals surface area contributed by atoms with Gasteiger partial charge in [-0.1, -0.05) is 55.0 Å². The van der Waals surface area contributed by atoms with E-state index >= 15 is 0 Å². The summed E-state index contributed by atoms with van der Waals surface area (Å²) in [7, 11) is 0. The molecule has 0 radical (unpaired) electrons. The molecule has 1 nitrogen and oxygen atoms in total. The van der Waals surface area contributed by atoms with Crippen LogP contribution < -0.4 is 0 Å². The van der Waals surface area contributed by atoms with E-state index in [9.17, 15) is 0 Å². The van der Waals surface area contributed by atoms with Gasteiger partial charge in [0.15, 0.2) is 0 Å². The maximum Gasteiger partial charge on any atom is 0.0811 e. The van der Waals surface area contributed by atoms with Crippen LogP contribution in [0.25, 0.3) is 0 Å². The van der Waals surface area contributed by atoms with Crippen LogP contribution in [0.15, 0.2) is 23.0 Å². The Bertz CT molecular complexity index is 272.